The van der Waals surface area contributed by atoms with E-state index in [2.05, 4.69) is 5.32 Å². The van der Waals surface area contributed by atoms with Gasteiger partial charge in [0.25, 0.3) is 0 Å². The molecule has 0 saturated carbocycles. The minimum atomic E-state index is -2.28. The van der Waals surface area contributed by atoms with Gasteiger partial charge in [-0.3, -0.25) is 9.59 Å². The number of methoxy groups -OCH3 is 1. The smallest absolute Gasteiger partial charge is 0.308 e. The molecule has 0 aliphatic carbocycles. The molecule has 0 spiro atoms. The van der Waals surface area contributed by atoms with E-state index in [4.69, 9.17) is 53.1 Å². The van der Waals surface area contributed by atoms with E-state index in [0.717, 1.165) is 0 Å². The fourth-order valence-corrected chi connectivity index (χ4v) is 9.48. The normalized spacial score (nSPS) is 37.9. The molecule has 2 fully saturated rings. The molecule has 0 aromatic carbocycles. The number of hydrogen-bond acceptors (Lipinski definition) is 23. The first-order chi connectivity index (χ1) is 40.2. The molecule has 24 nitrogen and oxygen atoms in total. The second-order valence-electron chi connectivity index (χ2n) is 21.6. The number of carbonyl (C=O) groups is 2. The van der Waals surface area contributed by atoms with Crippen LogP contribution in [0.2, 0.25) is 0 Å². The molecule has 2 bridgehead atoms. The number of esters is 1. The fraction of sp³-hybridized carbons (Fsp3) is 0.733. The Kier molecular flexibility index (Phi) is 37.5. The van der Waals surface area contributed by atoms with Crippen LogP contribution in [-0.4, -0.2) is 247 Å². The van der Waals surface area contributed by atoms with Gasteiger partial charge in [-0.1, -0.05) is 98.9 Å². The van der Waals surface area contributed by atoms with Crippen molar-refractivity contribution in [2.75, 3.05) is 86.3 Å². The van der Waals surface area contributed by atoms with Gasteiger partial charge in [0.1, 0.15) is 12.2 Å². The molecule has 2 saturated heterocycles. The summed E-state index contributed by atoms with van der Waals surface area (Å²) in [6.45, 7) is 10.7. The van der Waals surface area contributed by atoms with Crippen molar-refractivity contribution >= 4 is 11.9 Å². The lowest BCUT2D eigenvalue weighted by atomic mass is 9.82. The molecule has 1 amide bonds. The first kappa shape index (κ1) is 74.6. The summed E-state index contributed by atoms with van der Waals surface area (Å²) in [6, 6.07) is -1.15. The monoisotopic (exact) mass is 1200 g/mol. The fourth-order valence-electron chi connectivity index (χ4n) is 9.48. The number of allylic oxidation sites excluding steroid dienone is 12. The molecule has 482 valence electrons. The van der Waals surface area contributed by atoms with Crippen molar-refractivity contribution in [2.45, 2.75) is 177 Å². The number of rotatable bonds is 21. The average Bonchev–Trinajstić information content (AvgIpc) is 1.77. The van der Waals surface area contributed by atoms with Crippen LogP contribution in [0.15, 0.2) is 85.1 Å². The molecular formula is C60H100N2O22. The lowest BCUT2D eigenvalue weighted by Gasteiger charge is -2.46. The zero-order valence-electron chi connectivity index (χ0n) is 49.6. The average molecular weight is 1200 g/mol. The molecule has 3 heterocycles. The zero-order chi connectivity index (χ0) is 61.9. The number of hydrogen-bond donors (Lipinski definition) is 12. The summed E-state index contributed by atoms with van der Waals surface area (Å²) in [5, 5.41) is 113. The van der Waals surface area contributed by atoms with E-state index in [1.807, 2.05) is 37.3 Å². The molecule has 0 radical (unpaired) electrons. The van der Waals surface area contributed by atoms with Crippen LogP contribution in [0.25, 0.3) is 0 Å². The second kappa shape index (κ2) is 42.2. The Hall–Kier alpha value is -3.68. The van der Waals surface area contributed by atoms with Gasteiger partial charge in [-0.05, 0) is 33.1 Å². The standard InChI is InChI=1S/C60H100N2O22/c1-40-18-16-14-12-10-8-6-7-9-11-13-15-17-19-47(83-59-57(72)54(61)56(71)43(4)82-59)37-51-53(58(73)62-22-23-76-26-27-78-30-31-80-33-32-79-29-28-77-25-24-75-5)50(68)39-60(74,84-51)38-46(65)34-44(63)20-21-48(66)49(67)35-45(64)36-52(69)81-42(3)41(2)55(40)70/h6-19,40-51,53-57,59,63-68,70-72,74H,20-39,61H2,1-5H3,(H,62,73)/b7-6+,10-8+,11-9+,14-12+,15-13+,18-16+,19-17+/t40-,41+,42-,43?,44-,45+,46-,47-,48-,49-,50-,51-,53+,54?,55+,56?,57?,59?,60+/m0/s1. The molecule has 19 atom stereocenters. The van der Waals surface area contributed by atoms with Crippen molar-refractivity contribution in [3.63, 3.8) is 0 Å². The van der Waals surface area contributed by atoms with Crippen molar-refractivity contribution < 1.29 is 108 Å². The summed E-state index contributed by atoms with van der Waals surface area (Å²) in [4.78, 5) is 26.8. The Balaban J connectivity index is 1.79. The van der Waals surface area contributed by atoms with Crippen LogP contribution in [0.3, 0.4) is 0 Å². The number of carbonyl (C=O) groups excluding carboxylic acids is 2. The summed E-state index contributed by atoms with van der Waals surface area (Å²) >= 11 is 0. The van der Waals surface area contributed by atoms with Crippen molar-refractivity contribution in [1.29, 1.82) is 0 Å². The van der Waals surface area contributed by atoms with Crippen molar-refractivity contribution in [3.8, 4) is 0 Å². The number of fused-ring (bicyclic) bond motifs is 2. The SMILES string of the molecule is COCCOCCOCCOCCOCCOCCNC(=O)[C@H]1[C@@H]2C[C@@H](OC3OC(C)C(O)C(N)C3O)/C=C/C=C/C=C/C=C/C=C/C=C/C=C/[C@H](C)[C@@H](O)[C@H](C)[C@H](C)OC(=O)C[C@H](O)C[C@H](O)[C@@H](O)CC[C@H](O)C[C@H](O)C[C@](O)(C[C@@H]1O)O2. The molecule has 3 rings (SSSR count). The van der Waals surface area contributed by atoms with Crippen molar-refractivity contribution in [1.82, 2.24) is 5.32 Å². The molecular weight excluding hydrogens is 1100 g/mol. The lowest BCUT2D eigenvalue weighted by Crippen LogP contribution is -2.62. The van der Waals surface area contributed by atoms with Gasteiger partial charge in [0.05, 0.1) is 158 Å². The number of nitrogens with two attached hydrogens (primary N) is 1. The van der Waals surface area contributed by atoms with E-state index < -0.39 is 147 Å². The summed E-state index contributed by atoms with van der Waals surface area (Å²) in [5.41, 5.74) is 6.15. The maximum Gasteiger partial charge on any atom is 0.308 e. The lowest BCUT2D eigenvalue weighted by molar-refractivity contribution is -0.307. The molecule has 84 heavy (non-hydrogen) atoms. The number of aliphatic hydroxyl groups is 10. The van der Waals surface area contributed by atoms with Gasteiger partial charge in [0, 0.05) is 51.2 Å². The van der Waals surface area contributed by atoms with E-state index in [0.29, 0.717) is 52.9 Å². The first-order valence-electron chi connectivity index (χ1n) is 29.3. The number of ether oxygens (including phenoxy) is 10. The largest absolute Gasteiger partial charge is 0.462 e. The van der Waals surface area contributed by atoms with Crippen LogP contribution in [0.1, 0.15) is 79.1 Å². The third kappa shape index (κ3) is 29.8. The number of cyclic esters (lactones) is 1. The van der Waals surface area contributed by atoms with Gasteiger partial charge < -0.3 is 109 Å². The highest BCUT2D eigenvalue weighted by atomic mass is 16.7. The van der Waals surface area contributed by atoms with E-state index in [1.54, 1.807) is 82.6 Å². The summed E-state index contributed by atoms with van der Waals surface area (Å²) in [7, 11) is 1.60. The van der Waals surface area contributed by atoms with Crippen LogP contribution < -0.4 is 11.1 Å². The van der Waals surface area contributed by atoms with Gasteiger partial charge >= 0.3 is 5.97 Å². The predicted octanol–water partition coefficient (Wildman–Crippen LogP) is 0.473. The Morgan fingerprint density at radius 2 is 1.12 bits per heavy atom. The first-order valence-corrected chi connectivity index (χ1v) is 29.3. The Labute approximate surface area is 495 Å². The zero-order valence-corrected chi connectivity index (χ0v) is 49.6. The highest BCUT2D eigenvalue weighted by Crippen LogP contribution is 2.38. The maximum absolute atomic E-state index is 14.1. The number of aliphatic hydroxyl groups excluding tert-OH is 9. The topological polar surface area (TPSA) is 367 Å². The summed E-state index contributed by atoms with van der Waals surface area (Å²) < 4.78 is 56.3. The van der Waals surface area contributed by atoms with Crippen LogP contribution in [0.5, 0.6) is 0 Å². The van der Waals surface area contributed by atoms with E-state index >= 15 is 0 Å². The van der Waals surface area contributed by atoms with Gasteiger partial charge in [-0.15, -0.1) is 0 Å². The molecule has 3 aliphatic rings. The van der Waals surface area contributed by atoms with Gasteiger partial charge in [0.15, 0.2) is 12.1 Å². The van der Waals surface area contributed by atoms with Crippen LogP contribution in [0, 0.1) is 17.8 Å². The Bertz CT molecular complexity index is 2010. The molecule has 0 aromatic rings. The molecule has 5 unspecified atom stereocenters. The van der Waals surface area contributed by atoms with Crippen LogP contribution in [-0.2, 0) is 57.0 Å². The third-order valence-electron chi connectivity index (χ3n) is 14.5. The highest BCUT2D eigenvalue weighted by molar-refractivity contribution is 5.80. The van der Waals surface area contributed by atoms with Crippen LogP contribution in [0.4, 0.5) is 0 Å². The minimum absolute atomic E-state index is 0.0141. The predicted molar refractivity (Wildman–Crippen MR) is 308 cm³/mol. The Morgan fingerprint density at radius 3 is 1.68 bits per heavy atom. The second-order valence-corrected chi connectivity index (χ2v) is 21.6. The van der Waals surface area contributed by atoms with Crippen molar-refractivity contribution in [3.05, 3.63) is 85.1 Å². The van der Waals surface area contributed by atoms with E-state index in [1.165, 1.54) is 0 Å². The van der Waals surface area contributed by atoms with E-state index in [-0.39, 0.29) is 58.0 Å². The summed E-state index contributed by atoms with van der Waals surface area (Å²) in [6.07, 6.45) is 4.09. The highest BCUT2D eigenvalue weighted by Gasteiger charge is 2.51. The molecule has 0 aromatic heterocycles. The maximum atomic E-state index is 14.1. The minimum Gasteiger partial charge on any atom is -0.462 e. The van der Waals surface area contributed by atoms with Gasteiger partial charge in [-0.25, -0.2) is 0 Å². The molecule has 24 heteroatoms. The molecule has 3 aliphatic heterocycles. The van der Waals surface area contributed by atoms with Crippen molar-refractivity contribution in [2.24, 2.45) is 23.5 Å². The number of nitrogens with one attached hydrogen (secondary N) is 1. The quantitative estimate of drug-likeness (QED) is 0.0549. The Morgan fingerprint density at radius 1 is 0.595 bits per heavy atom. The third-order valence-corrected chi connectivity index (χ3v) is 14.5. The molecule has 13 N–H and O–H groups in total. The summed E-state index contributed by atoms with van der Waals surface area (Å²) in [5.74, 6) is -5.82. The van der Waals surface area contributed by atoms with Gasteiger partial charge in [-0.2, -0.15) is 0 Å². The van der Waals surface area contributed by atoms with E-state index in [9.17, 15) is 60.7 Å². The van der Waals surface area contributed by atoms with Gasteiger partial charge in [0.2, 0.25) is 5.91 Å². The van der Waals surface area contributed by atoms with Crippen LogP contribution >= 0.6 is 0 Å². The number of amides is 1.